The summed E-state index contributed by atoms with van der Waals surface area (Å²) in [5, 5.41) is 9.59. The van der Waals surface area contributed by atoms with E-state index in [0.717, 1.165) is 39.5 Å². The zero-order chi connectivity index (χ0) is 20.4. The van der Waals surface area contributed by atoms with Crippen molar-refractivity contribution in [2.75, 3.05) is 25.6 Å². The van der Waals surface area contributed by atoms with Crippen molar-refractivity contribution in [2.24, 2.45) is 0 Å². The second-order valence-electron chi connectivity index (χ2n) is 6.65. The van der Waals surface area contributed by atoms with Crippen LogP contribution in [0, 0.1) is 6.92 Å². The molecule has 2 aromatic heterocycles. The maximum absolute atomic E-state index is 6.52. The van der Waals surface area contributed by atoms with Gasteiger partial charge < -0.3 is 10.1 Å². The minimum atomic E-state index is 0.589. The third kappa shape index (κ3) is 3.94. The molecular weight excluding hydrogens is 407 g/mol. The van der Waals surface area contributed by atoms with Gasteiger partial charge in [0.2, 0.25) is 0 Å². The highest BCUT2D eigenvalue weighted by atomic mass is 35.5. The minimum Gasteiger partial charge on any atom is -0.383 e. The Morgan fingerprint density at radius 1 is 1.07 bits per heavy atom. The van der Waals surface area contributed by atoms with E-state index >= 15 is 0 Å². The Morgan fingerprint density at radius 2 is 1.83 bits per heavy atom. The van der Waals surface area contributed by atoms with Gasteiger partial charge in [-0.25, -0.2) is 4.98 Å². The number of fused-ring (bicyclic) bond motifs is 1. The smallest absolute Gasteiger partial charge is 0.166 e. The number of aromatic nitrogens is 3. The summed E-state index contributed by atoms with van der Waals surface area (Å²) in [6, 6.07) is 17.3. The molecule has 2 heterocycles. The lowest BCUT2D eigenvalue weighted by Crippen LogP contribution is -2.12. The van der Waals surface area contributed by atoms with Gasteiger partial charge in [-0.2, -0.15) is 9.61 Å². The van der Waals surface area contributed by atoms with Crippen molar-refractivity contribution in [2.45, 2.75) is 6.92 Å². The number of methoxy groups -OCH3 is 1. The summed E-state index contributed by atoms with van der Waals surface area (Å²) in [4.78, 5) is 4.79. The van der Waals surface area contributed by atoms with Crippen LogP contribution in [0.1, 0.15) is 5.69 Å². The normalized spacial score (nSPS) is 11.2. The first-order valence-corrected chi connectivity index (χ1v) is 9.98. The number of benzene rings is 2. The molecule has 2 aromatic carbocycles. The molecule has 0 unspecified atom stereocenters. The highest BCUT2D eigenvalue weighted by Crippen LogP contribution is 2.38. The van der Waals surface area contributed by atoms with E-state index in [1.54, 1.807) is 7.11 Å². The standard InChI is InChI=1S/C22H20Cl2N4O/c1-14-13-19(25-11-12-29-2)28-22(26-14)20(15-7-9-16(23)10-8-15)21(27-28)17-5-3-4-6-18(17)24/h3-10,13,25H,11-12H2,1-2H3. The summed E-state index contributed by atoms with van der Waals surface area (Å²) in [7, 11) is 1.68. The van der Waals surface area contributed by atoms with Gasteiger partial charge >= 0.3 is 0 Å². The predicted octanol–water partition coefficient (Wildman–Crippen LogP) is 5.74. The van der Waals surface area contributed by atoms with E-state index < -0.39 is 0 Å². The van der Waals surface area contributed by atoms with E-state index in [-0.39, 0.29) is 0 Å². The lowest BCUT2D eigenvalue weighted by atomic mass is 10.0. The number of halogens is 2. The van der Waals surface area contributed by atoms with Crippen LogP contribution in [0.15, 0.2) is 54.6 Å². The number of aryl methyl sites for hydroxylation is 1. The molecule has 148 valence electrons. The van der Waals surface area contributed by atoms with Crippen LogP contribution < -0.4 is 5.32 Å². The molecule has 0 bridgehead atoms. The maximum Gasteiger partial charge on any atom is 0.166 e. The molecule has 0 aliphatic heterocycles. The molecule has 5 nitrogen and oxygen atoms in total. The Balaban J connectivity index is 2.00. The lowest BCUT2D eigenvalue weighted by molar-refractivity contribution is 0.210. The number of nitrogens with one attached hydrogen (secondary N) is 1. The molecule has 0 spiro atoms. The fourth-order valence-electron chi connectivity index (χ4n) is 3.27. The van der Waals surface area contributed by atoms with Crippen LogP contribution in [0.5, 0.6) is 0 Å². The number of nitrogens with zero attached hydrogens (tertiary/aromatic N) is 3. The second kappa shape index (κ2) is 8.41. The summed E-state index contributed by atoms with van der Waals surface area (Å²) in [5.74, 6) is 0.845. The van der Waals surface area contributed by atoms with E-state index in [9.17, 15) is 0 Å². The molecule has 4 rings (SSSR count). The van der Waals surface area contributed by atoms with Crippen LogP contribution in [-0.4, -0.2) is 34.9 Å². The van der Waals surface area contributed by atoms with E-state index in [0.29, 0.717) is 23.2 Å². The zero-order valence-electron chi connectivity index (χ0n) is 16.1. The first-order chi connectivity index (χ1) is 14.1. The Kier molecular flexibility index (Phi) is 5.72. The van der Waals surface area contributed by atoms with Crippen molar-refractivity contribution in [1.29, 1.82) is 0 Å². The predicted molar refractivity (Wildman–Crippen MR) is 119 cm³/mol. The fraction of sp³-hybridized carbons (Fsp3) is 0.182. The van der Waals surface area contributed by atoms with Crippen LogP contribution in [0.3, 0.4) is 0 Å². The van der Waals surface area contributed by atoms with Crippen molar-refractivity contribution >= 4 is 34.7 Å². The molecule has 0 saturated heterocycles. The molecule has 1 N–H and O–H groups in total. The molecule has 0 radical (unpaired) electrons. The Bertz CT molecular complexity index is 1160. The molecule has 0 aliphatic carbocycles. The van der Waals surface area contributed by atoms with Crippen LogP contribution in [0.4, 0.5) is 5.82 Å². The number of rotatable bonds is 6. The van der Waals surface area contributed by atoms with Gasteiger partial charge in [0.25, 0.3) is 0 Å². The zero-order valence-corrected chi connectivity index (χ0v) is 17.6. The lowest BCUT2D eigenvalue weighted by Gasteiger charge is -2.09. The van der Waals surface area contributed by atoms with Gasteiger partial charge in [0.15, 0.2) is 5.65 Å². The second-order valence-corrected chi connectivity index (χ2v) is 7.49. The molecule has 0 amide bonds. The largest absolute Gasteiger partial charge is 0.383 e. The summed E-state index contributed by atoms with van der Waals surface area (Å²) in [6.07, 6.45) is 0. The van der Waals surface area contributed by atoms with E-state index in [2.05, 4.69) is 5.32 Å². The number of anilines is 1. The Morgan fingerprint density at radius 3 is 2.55 bits per heavy atom. The molecule has 0 saturated carbocycles. The number of hydrogen-bond acceptors (Lipinski definition) is 4. The van der Waals surface area contributed by atoms with E-state index in [1.807, 2.05) is 66.0 Å². The first-order valence-electron chi connectivity index (χ1n) is 9.22. The SMILES string of the molecule is COCCNc1cc(C)nc2c(-c3ccc(Cl)cc3)c(-c3ccccc3Cl)nn12. The van der Waals surface area contributed by atoms with Gasteiger partial charge in [-0.3, -0.25) is 0 Å². The monoisotopic (exact) mass is 426 g/mol. The van der Waals surface area contributed by atoms with Gasteiger partial charge in [0, 0.05) is 36.0 Å². The third-order valence-corrected chi connectivity index (χ3v) is 5.17. The average Bonchev–Trinajstić information content (AvgIpc) is 3.08. The molecular formula is C22H20Cl2N4O. The summed E-state index contributed by atoms with van der Waals surface area (Å²) < 4.78 is 6.99. The number of ether oxygens (including phenoxy) is 1. The number of hydrogen-bond donors (Lipinski definition) is 1. The van der Waals surface area contributed by atoms with Crippen molar-refractivity contribution in [3.8, 4) is 22.4 Å². The maximum atomic E-state index is 6.52. The van der Waals surface area contributed by atoms with Crippen LogP contribution in [-0.2, 0) is 4.74 Å². The van der Waals surface area contributed by atoms with Crippen molar-refractivity contribution in [3.05, 3.63) is 70.3 Å². The summed E-state index contributed by atoms with van der Waals surface area (Å²) in [5.41, 5.74) is 5.14. The molecule has 4 aromatic rings. The minimum absolute atomic E-state index is 0.589. The van der Waals surface area contributed by atoms with Gasteiger partial charge in [0.05, 0.1) is 17.2 Å². The molecule has 7 heteroatoms. The van der Waals surface area contributed by atoms with Crippen molar-refractivity contribution in [1.82, 2.24) is 14.6 Å². The van der Waals surface area contributed by atoms with Crippen molar-refractivity contribution in [3.63, 3.8) is 0 Å². The molecule has 0 atom stereocenters. The quantitative estimate of drug-likeness (QED) is 0.399. The molecule has 0 aliphatic rings. The van der Waals surface area contributed by atoms with Gasteiger partial charge in [0.1, 0.15) is 11.5 Å². The first kappa shape index (κ1) is 19.7. The van der Waals surface area contributed by atoms with Crippen LogP contribution in [0.2, 0.25) is 10.0 Å². The summed E-state index contributed by atoms with van der Waals surface area (Å²) >= 11 is 12.6. The van der Waals surface area contributed by atoms with E-state index in [1.165, 1.54) is 0 Å². The van der Waals surface area contributed by atoms with Crippen molar-refractivity contribution < 1.29 is 4.74 Å². The highest BCUT2D eigenvalue weighted by molar-refractivity contribution is 6.33. The Hall–Kier alpha value is -2.60. The van der Waals surface area contributed by atoms with E-state index in [4.69, 9.17) is 38.0 Å². The van der Waals surface area contributed by atoms with Gasteiger partial charge in [-0.05, 0) is 30.7 Å². The molecule has 0 fully saturated rings. The Labute approximate surface area is 179 Å². The highest BCUT2D eigenvalue weighted by Gasteiger charge is 2.21. The summed E-state index contributed by atoms with van der Waals surface area (Å²) in [6.45, 7) is 3.22. The van der Waals surface area contributed by atoms with Gasteiger partial charge in [-0.15, -0.1) is 0 Å². The topological polar surface area (TPSA) is 51.5 Å². The van der Waals surface area contributed by atoms with Crippen LogP contribution in [0.25, 0.3) is 28.0 Å². The third-order valence-electron chi connectivity index (χ3n) is 4.59. The van der Waals surface area contributed by atoms with Crippen LogP contribution >= 0.6 is 23.2 Å². The molecule has 29 heavy (non-hydrogen) atoms. The average molecular weight is 427 g/mol. The van der Waals surface area contributed by atoms with Gasteiger partial charge in [-0.1, -0.05) is 53.5 Å². The fourth-order valence-corrected chi connectivity index (χ4v) is 3.62.